The van der Waals surface area contributed by atoms with Crippen LogP contribution in [0.1, 0.15) is 25.0 Å². The van der Waals surface area contributed by atoms with Gasteiger partial charge in [-0.15, -0.1) is 27.6 Å². The van der Waals surface area contributed by atoms with Crippen molar-refractivity contribution in [2.24, 2.45) is 0 Å². The van der Waals surface area contributed by atoms with E-state index < -0.39 is 5.41 Å². The van der Waals surface area contributed by atoms with Gasteiger partial charge in [0.2, 0.25) is 0 Å². The van der Waals surface area contributed by atoms with Crippen molar-refractivity contribution in [3.8, 4) is 28.1 Å². The summed E-state index contributed by atoms with van der Waals surface area (Å²) in [5.74, 6) is 0.856. The van der Waals surface area contributed by atoms with E-state index in [4.69, 9.17) is 9.92 Å². The summed E-state index contributed by atoms with van der Waals surface area (Å²) >= 11 is 0. The molecule has 1 aliphatic heterocycles. The summed E-state index contributed by atoms with van der Waals surface area (Å²) in [6.07, 6.45) is 1.92. The van der Waals surface area contributed by atoms with Crippen LogP contribution in [0.25, 0.3) is 49.9 Å². The fraction of sp³-hybridized carbons (Fsp3) is 0.0889. The van der Waals surface area contributed by atoms with Gasteiger partial charge in [0.25, 0.3) is 0 Å². The molecule has 1 N–H and O–H groups in total. The fourth-order valence-electron chi connectivity index (χ4n) is 7.22. The Hall–Kier alpha value is -5.48. The Balaban J connectivity index is 0.00000374. The molecule has 0 saturated heterocycles. The third-order valence-electron chi connectivity index (χ3n) is 9.92. The minimum absolute atomic E-state index is 0. The molecule has 8 aromatic rings. The maximum absolute atomic E-state index is 4.96. The maximum atomic E-state index is 4.96. The summed E-state index contributed by atoms with van der Waals surface area (Å²) in [6, 6.07) is 58.6. The van der Waals surface area contributed by atoms with Gasteiger partial charge in [0.05, 0.1) is 7.05 Å². The number of para-hydroxylation sites is 3. The summed E-state index contributed by atoms with van der Waals surface area (Å²) in [7, 11) is 1.97. The minimum Gasteiger partial charge on any atom is -0.319 e. The zero-order valence-corrected chi connectivity index (χ0v) is 30.8. The van der Waals surface area contributed by atoms with Crippen molar-refractivity contribution >= 4 is 38.9 Å². The number of fused-ring (bicyclic) bond motifs is 4. The van der Waals surface area contributed by atoms with Crippen molar-refractivity contribution in [1.82, 2.24) is 9.55 Å². The van der Waals surface area contributed by atoms with Gasteiger partial charge in [-0.2, -0.15) is 46.4 Å². The number of aromatic nitrogens is 2. The SMILES string of the molecule is CN1[OH+]N(c2[c-]c(C(C)(C)c3[c-]c4c(cc3)c3ccccc3n4-c3cc(-c4ccccc4-c4ccccc4)ccn3)ccc2)c2ccccc21.[Pt]. The molecule has 0 fully saturated rings. The largest absolute Gasteiger partial charge is 0.319 e. The number of hydroxylamine groups is 1. The van der Waals surface area contributed by atoms with Crippen molar-refractivity contribution < 1.29 is 26.0 Å². The average Bonchev–Trinajstić information content (AvgIpc) is 3.69. The number of hydrogen-bond donors (Lipinski definition) is 0. The maximum Gasteiger partial charge on any atom is 0.145 e. The van der Waals surface area contributed by atoms with Gasteiger partial charge in [-0.1, -0.05) is 104 Å². The molecule has 1 aliphatic rings. The first kappa shape index (κ1) is 32.7. The van der Waals surface area contributed by atoms with Gasteiger partial charge in [0.1, 0.15) is 17.2 Å². The second-order valence-electron chi connectivity index (χ2n) is 13.3. The van der Waals surface area contributed by atoms with Gasteiger partial charge in [0.15, 0.2) is 0 Å². The molecule has 3 heterocycles. The molecular formula is C45H35N4OPt-. The van der Waals surface area contributed by atoms with Crippen LogP contribution in [0, 0.1) is 12.1 Å². The second kappa shape index (κ2) is 13.0. The molecule has 6 aromatic carbocycles. The van der Waals surface area contributed by atoms with E-state index in [2.05, 4.69) is 164 Å². The predicted molar refractivity (Wildman–Crippen MR) is 204 cm³/mol. The summed E-state index contributed by atoms with van der Waals surface area (Å²) in [6.45, 7) is 4.49. The molecule has 0 unspecified atom stereocenters. The van der Waals surface area contributed by atoms with Crippen molar-refractivity contribution in [3.05, 3.63) is 175 Å². The monoisotopic (exact) mass is 842 g/mol. The van der Waals surface area contributed by atoms with Crippen LogP contribution in [0.4, 0.5) is 17.1 Å². The average molecular weight is 843 g/mol. The number of pyridine rings is 1. The van der Waals surface area contributed by atoms with Gasteiger partial charge in [0, 0.05) is 38.5 Å². The van der Waals surface area contributed by atoms with E-state index in [1.807, 2.05) is 35.5 Å². The summed E-state index contributed by atoms with van der Waals surface area (Å²) in [5.41, 5.74) is 11.5. The summed E-state index contributed by atoms with van der Waals surface area (Å²) in [5, 5.41) is 6.19. The molecule has 0 radical (unpaired) electrons. The molecule has 5 nitrogen and oxygen atoms in total. The zero-order valence-electron chi connectivity index (χ0n) is 28.5. The van der Waals surface area contributed by atoms with Crippen molar-refractivity contribution in [2.75, 3.05) is 17.2 Å². The molecule has 0 saturated carbocycles. The molecule has 0 atom stereocenters. The molecule has 0 spiro atoms. The Labute approximate surface area is 312 Å². The van der Waals surface area contributed by atoms with Gasteiger partial charge >= 0.3 is 0 Å². The molecular weight excluding hydrogens is 808 g/mol. The van der Waals surface area contributed by atoms with Crippen molar-refractivity contribution in [1.29, 1.82) is 0 Å². The molecule has 6 heteroatoms. The Kier molecular flexibility index (Phi) is 8.34. The van der Waals surface area contributed by atoms with E-state index >= 15 is 0 Å². The second-order valence-corrected chi connectivity index (χ2v) is 13.3. The van der Waals surface area contributed by atoms with Crippen LogP contribution in [0.5, 0.6) is 0 Å². The third-order valence-corrected chi connectivity index (χ3v) is 9.92. The molecule has 0 aliphatic carbocycles. The van der Waals surface area contributed by atoms with Crippen LogP contribution in [0.2, 0.25) is 0 Å². The van der Waals surface area contributed by atoms with Gasteiger partial charge in [-0.05, 0) is 63.4 Å². The Morgan fingerprint density at radius 2 is 1.29 bits per heavy atom. The quantitative estimate of drug-likeness (QED) is 0.124. The van der Waals surface area contributed by atoms with Gasteiger partial charge < -0.3 is 4.57 Å². The Morgan fingerprint density at radius 3 is 2.12 bits per heavy atom. The van der Waals surface area contributed by atoms with Gasteiger partial charge in [-0.3, -0.25) is 0 Å². The van der Waals surface area contributed by atoms with E-state index in [1.165, 1.54) is 22.1 Å². The minimum atomic E-state index is -0.402. The van der Waals surface area contributed by atoms with E-state index in [1.54, 1.807) is 0 Å². The van der Waals surface area contributed by atoms with Crippen LogP contribution in [0.3, 0.4) is 0 Å². The van der Waals surface area contributed by atoms with Crippen LogP contribution < -0.4 is 10.1 Å². The van der Waals surface area contributed by atoms with E-state index in [-0.39, 0.29) is 21.1 Å². The third kappa shape index (κ3) is 5.54. The van der Waals surface area contributed by atoms with E-state index in [0.717, 1.165) is 56.0 Å². The van der Waals surface area contributed by atoms with E-state index in [0.29, 0.717) is 0 Å². The fourth-order valence-corrected chi connectivity index (χ4v) is 7.22. The number of benzene rings is 6. The Morgan fingerprint density at radius 1 is 0.608 bits per heavy atom. The summed E-state index contributed by atoms with van der Waals surface area (Å²) in [4.78, 5) is 9.76. The standard InChI is InChI=1S/C45H34N4O.Pt/c1-45(2,33-16-13-17-35(29-33)49-42-23-12-11-22-41(42)47(3)50-49)34-24-25-39-38-20-9-10-21-40(38)48(43(39)30-34)44-28-32(26-27-46-44)37-19-8-7-18-36(37)31-14-5-4-6-15-31;/h4-28H,1-3H3;/q-2;/p+1. The smallest absolute Gasteiger partial charge is 0.145 e. The number of anilines is 3. The van der Waals surface area contributed by atoms with Crippen molar-refractivity contribution in [2.45, 2.75) is 19.3 Å². The molecule has 0 amide bonds. The van der Waals surface area contributed by atoms with Crippen LogP contribution in [0.15, 0.2) is 152 Å². The molecule has 51 heavy (non-hydrogen) atoms. The topological polar surface area (TPSA) is 37.1 Å². The zero-order chi connectivity index (χ0) is 33.8. The first-order valence-electron chi connectivity index (χ1n) is 16.9. The molecule has 9 rings (SSSR count). The molecule has 252 valence electrons. The molecule has 0 bridgehead atoms. The van der Waals surface area contributed by atoms with Crippen LogP contribution >= 0.6 is 0 Å². The Bertz CT molecular complexity index is 2540. The first-order valence-corrected chi connectivity index (χ1v) is 16.9. The van der Waals surface area contributed by atoms with Crippen molar-refractivity contribution in [3.63, 3.8) is 0 Å². The number of rotatable bonds is 6. The number of nitrogens with zero attached hydrogens (tertiary/aromatic N) is 4. The normalized spacial score (nSPS) is 12.7. The molecule has 2 aromatic heterocycles. The number of hydrogen-bond acceptors (Lipinski definition) is 3. The van der Waals surface area contributed by atoms with E-state index in [9.17, 15) is 0 Å². The van der Waals surface area contributed by atoms with Gasteiger partial charge in [-0.25, -0.2) is 4.98 Å². The van der Waals surface area contributed by atoms with Crippen LogP contribution in [-0.4, -0.2) is 21.5 Å². The van der Waals surface area contributed by atoms with Crippen LogP contribution in [-0.2, 0) is 26.5 Å². The summed E-state index contributed by atoms with van der Waals surface area (Å²) < 4.78 is 2.26. The predicted octanol–water partition coefficient (Wildman–Crippen LogP) is 10.9. The first-order chi connectivity index (χ1) is 24.5.